The third-order valence-corrected chi connectivity index (χ3v) is 3.44. The van der Waals surface area contributed by atoms with E-state index in [2.05, 4.69) is 55.8 Å². The van der Waals surface area contributed by atoms with E-state index in [-0.39, 0.29) is 5.54 Å². The lowest BCUT2D eigenvalue weighted by Crippen LogP contribution is -2.44. The van der Waals surface area contributed by atoms with Crippen LogP contribution in [-0.2, 0) is 13.0 Å². The lowest BCUT2D eigenvalue weighted by Gasteiger charge is -2.39. The number of hydrogen-bond acceptors (Lipinski definition) is 2. The van der Waals surface area contributed by atoms with Gasteiger partial charge in [0, 0.05) is 24.3 Å². The maximum atomic E-state index is 3.69. The first-order valence-corrected chi connectivity index (χ1v) is 6.25. The van der Waals surface area contributed by atoms with Crippen molar-refractivity contribution in [3.8, 4) is 0 Å². The molecule has 0 spiro atoms. The minimum Gasteiger partial charge on any atom is -0.362 e. The Morgan fingerprint density at radius 3 is 2.71 bits per heavy atom. The van der Waals surface area contributed by atoms with Crippen LogP contribution < -0.4 is 5.32 Å². The molecular weight excluding hydrogens is 208 g/mol. The summed E-state index contributed by atoms with van der Waals surface area (Å²) in [5.41, 5.74) is 4.33. The number of benzene rings is 1. The van der Waals surface area contributed by atoms with E-state index < -0.39 is 0 Å². The predicted octanol–water partition coefficient (Wildman–Crippen LogP) is 3.40. The number of nitrogens with zero attached hydrogens (tertiary/aromatic N) is 1. The number of fused-ring (bicyclic) bond motifs is 1. The summed E-state index contributed by atoms with van der Waals surface area (Å²) in [5, 5.41) is 3.15. The molecule has 0 amide bonds. The molecule has 0 atom stereocenters. The zero-order valence-corrected chi connectivity index (χ0v) is 11.1. The average molecular weight is 230 g/mol. The highest BCUT2D eigenvalue weighted by atomic mass is 15.2. The second-order valence-corrected chi connectivity index (χ2v) is 5.67. The van der Waals surface area contributed by atoms with Gasteiger partial charge in [0.2, 0.25) is 0 Å². The van der Waals surface area contributed by atoms with E-state index in [0.29, 0.717) is 0 Å². The molecule has 1 aromatic carbocycles. The van der Waals surface area contributed by atoms with Crippen LogP contribution in [0.3, 0.4) is 0 Å². The molecule has 2 rings (SSSR count). The Hall–Kier alpha value is -1.28. The molecule has 0 radical (unpaired) electrons. The summed E-state index contributed by atoms with van der Waals surface area (Å²) in [6, 6.07) is 6.61. The lowest BCUT2D eigenvalue weighted by molar-refractivity contribution is 0.121. The van der Waals surface area contributed by atoms with Crippen LogP contribution in [-0.4, -0.2) is 17.0 Å². The SMILES string of the molecule is C=CNc1ccc2c(c1)CCN(C(C)(C)C)C2. The van der Waals surface area contributed by atoms with Gasteiger partial charge in [-0.15, -0.1) is 0 Å². The smallest absolute Gasteiger partial charge is 0.0382 e. The Morgan fingerprint density at radius 1 is 1.29 bits per heavy atom. The van der Waals surface area contributed by atoms with Gasteiger partial charge in [-0.3, -0.25) is 4.90 Å². The van der Waals surface area contributed by atoms with Crippen molar-refractivity contribution < 1.29 is 0 Å². The highest BCUT2D eigenvalue weighted by molar-refractivity contribution is 5.50. The van der Waals surface area contributed by atoms with Gasteiger partial charge in [-0.1, -0.05) is 12.6 Å². The lowest BCUT2D eigenvalue weighted by atomic mass is 9.95. The number of nitrogens with one attached hydrogen (secondary N) is 1. The Morgan fingerprint density at radius 2 is 2.06 bits per heavy atom. The van der Waals surface area contributed by atoms with E-state index in [1.165, 1.54) is 11.1 Å². The Labute approximate surface area is 104 Å². The van der Waals surface area contributed by atoms with E-state index in [1.807, 2.05) is 0 Å². The second kappa shape index (κ2) is 4.53. The van der Waals surface area contributed by atoms with Gasteiger partial charge in [0.25, 0.3) is 0 Å². The molecule has 2 nitrogen and oxygen atoms in total. The van der Waals surface area contributed by atoms with Crippen molar-refractivity contribution in [2.75, 3.05) is 11.9 Å². The van der Waals surface area contributed by atoms with Crippen molar-refractivity contribution in [3.05, 3.63) is 42.1 Å². The quantitative estimate of drug-likeness (QED) is 0.837. The molecule has 0 saturated heterocycles. The van der Waals surface area contributed by atoms with Crippen LogP contribution in [0.2, 0.25) is 0 Å². The maximum absolute atomic E-state index is 3.69. The Balaban J connectivity index is 2.20. The van der Waals surface area contributed by atoms with Crippen LogP contribution in [0.1, 0.15) is 31.9 Å². The number of anilines is 1. The number of rotatable bonds is 2. The largest absolute Gasteiger partial charge is 0.362 e. The Bertz CT molecular complexity index is 415. The summed E-state index contributed by atoms with van der Waals surface area (Å²) in [6.07, 6.45) is 2.87. The first kappa shape index (κ1) is 12.2. The van der Waals surface area contributed by atoms with Gasteiger partial charge >= 0.3 is 0 Å². The zero-order valence-electron chi connectivity index (χ0n) is 11.1. The molecule has 17 heavy (non-hydrogen) atoms. The van der Waals surface area contributed by atoms with E-state index in [9.17, 15) is 0 Å². The fraction of sp³-hybridized carbons (Fsp3) is 0.467. The molecule has 0 aliphatic carbocycles. The van der Waals surface area contributed by atoms with Crippen LogP contribution in [0.15, 0.2) is 31.0 Å². The van der Waals surface area contributed by atoms with Crippen molar-refractivity contribution in [3.63, 3.8) is 0 Å². The van der Waals surface area contributed by atoms with Gasteiger partial charge in [-0.05, 0) is 56.7 Å². The van der Waals surface area contributed by atoms with Crippen LogP contribution in [0.4, 0.5) is 5.69 Å². The second-order valence-electron chi connectivity index (χ2n) is 5.67. The van der Waals surface area contributed by atoms with Crippen LogP contribution in [0.5, 0.6) is 0 Å². The molecule has 0 saturated carbocycles. The third kappa shape index (κ3) is 2.70. The van der Waals surface area contributed by atoms with Crippen molar-refractivity contribution in [2.24, 2.45) is 0 Å². The summed E-state index contributed by atoms with van der Waals surface area (Å²) in [7, 11) is 0. The van der Waals surface area contributed by atoms with E-state index >= 15 is 0 Å². The highest BCUT2D eigenvalue weighted by Crippen LogP contribution is 2.26. The highest BCUT2D eigenvalue weighted by Gasteiger charge is 2.25. The topological polar surface area (TPSA) is 15.3 Å². The van der Waals surface area contributed by atoms with Gasteiger partial charge in [0.05, 0.1) is 0 Å². The molecule has 0 aromatic heterocycles. The maximum Gasteiger partial charge on any atom is 0.0382 e. The van der Waals surface area contributed by atoms with Crippen molar-refractivity contribution in [1.29, 1.82) is 0 Å². The van der Waals surface area contributed by atoms with E-state index in [0.717, 1.165) is 25.2 Å². The molecule has 1 aliphatic heterocycles. The van der Waals surface area contributed by atoms with Gasteiger partial charge in [-0.25, -0.2) is 0 Å². The molecule has 1 N–H and O–H groups in total. The monoisotopic (exact) mass is 230 g/mol. The van der Waals surface area contributed by atoms with Crippen LogP contribution >= 0.6 is 0 Å². The van der Waals surface area contributed by atoms with Gasteiger partial charge in [0.15, 0.2) is 0 Å². The van der Waals surface area contributed by atoms with E-state index in [1.54, 1.807) is 6.20 Å². The molecule has 1 aliphatic rings. The van der Waals surface area contributed by atoms with E-state index in [4.69, 9.17) is 0 Å². The van der Waals surface area contributed by atoms with Crippen LogP contribution in [0, 0.1) is 0 Å². The molecule has 0 fully saturated rings. The van der Waals surface area contributed by atoms with Crippen molar-refractivity contribution in [1.82, 2.24) is 4.90 Å². The summed E-state index contributed by atoms with van der Waals surface area (Å²) in [4.78, 5) is 2.54. The third-order valence-electron chi connectivity index (χ3n) is 3.44. The van der Waals surface area contributed by atoms with Gasteiger partial charge in [0.1, 0.15) is 0 Å². The molecule has 92 valence electrons. The summed E-state index contributed by atoms with van der Waals surface area (Å²) in [5.74, 6) is 0. The molecule has 1 heterocycles. The minimum atomic E-state index is 0.260. The first-order valence-electron chi connectivity index (χ1n) is 6.25. The normalized spacial score (nSPS) is 16.4. The fourth-order valence-electron chi connectivity index (χ4n) is 2.33. The standard InChI is InChI=1S/C15H22N2/c1-5-16-14-7-6-13-11-17(15(2,3)4)9-8-12(13)10-14/h5-7,10,16H,1,8-9,11H2,2-4H3. The van der Waals surface area contributed by atoms with Gasteiger partial charge in [-0.2, -0.15) is 0 Å². The molecule has 1 aromatic rings. The fourth-order valence-corrected chi connectivity index (χ4v) is 2.33. The molecule has 0 unspecified atom stereocenters. The number of hydrogen-bond donors (Lipinski definition) is 1. The molecular formula is C15H22N2. The predicted molar refractivity (Wildman–Crippen MR) is 74.1 cm³/mol. The molecule has 0 bridgehead atoms. The van der Waals surface area contributed by atoms with Crippen molar-refractivity contribution >= 4 is 5.69 Å². The minimum absolute atomic E-state index is 0.260. The summed E-state index contributed by atoms with van der Waals surface area (Å²) < 4.78 is 0. The summed E-state index contributed by atoms with van der Waals surface area (Å²) in [6.45, 7) is 12.8. The van der Waals surface area contributed by atoms with Crippen molar-refractivity contribution in [2.45, 2.75) is 39.3 Å². The van der Waals surface area contributed by atoms with Crippen LogP contribution in [0.25, 0.3) is 0 Å². The molecule has 2 heteroatoms. The average Bonchev–Trinajstić information content (AvgIpc) is 2.27. The Kier molecular flexibility index (Phi) is 3.25. The zero-order chi connectivity index (χ0) is 12.5. The van der Waals surface area contributed by atoms with Gasteiger partial charge < -0.3 is 5.32 Å². The first-order chi connectivity index (χ1) is 8.00. The summed E-state index contributed by atoms with van der Waals surface area (Å²) >= 11 is 0.